The Morgan fingerprint density at radius 2 is 1.32 bits per heavy atom. The Kier molecular flexibility index (Phi) is 2.42. The van der Waals surface area contributed by atoms with E-state index in [4.69, 9.17) is 0 Å². The van der Waals surface area contributed by atoms with Crippen LogP contribution in [0.3, 0.4) is 0 Å². The first kappa shape index (κ1) is 10.8. The Hall–Kier alpha value is -2.06. The van der Waals surface area contributed by atoms with Gasteiger partial charge in [-0.3, -0.25) is 9.97 Å². The number of rotatable bonds is 2. The highest BCUT2D eigenvalue weighted by Crippen LogP contribution is 2.24. The van der Waals surface area contributed by atoms with Crippen LogP contribution in [-0.4, -0.2) is 29.1 Å². The van der Waals surface area contributed by atoms with Crippen LogP contribution < -0.4 is 0 Å². The second-order valence-corrected chi connectivity index (χ2v) is 5.44. The Morgan fingerprint density at radius 3 is 1.84 bits per heavy atom. The summed E-state index contributed by atoms with van der Waals surface area (Å²) in [6.45, 7) is 0. The molecule has 0 N–H and O–H groups in total. The number of hydrogen-bond acceptors (Lipinski definition) is 8. The molecular weight excluding hydrogens is 280 g/mol. The molecule has 0 aliphatic carbocycles. The Labute approximate surface area is 115 Å². The summed E-state index contributed by atoms with van der Waals surface area (Å²) in [5.74, 6) is 0. The van der Waals surface area contributed by atoms with Gasteiger partial charge in [-0.15, -0.1) is 10.2 Å². The first-order valence-electron chi connectivity index (χ1n) is 5.54. The standard InChI is InChI=1S/C11H6N6S2/c1-3-12-8(10-6(1)14-16-18-10)5-9-11-7(2-4-13-9)15-17-19-11/h1-4H,5H2. The van der Waals surface area contributed by atoms with E-state index in [-0.39, 0.29) is 0 Å². The minimum atomic E-state index is 0.641. The number of aromatic nitrogens is 6. The van der Waals surface area contributed by atoms with Crippen LogP contribution in [0.15, 0.2) is 24.5 Å². The zero-order valence-corrected chi connectivity index (χ0v) is 11.1. The van der Waals surface area contributed by atoms with Crippen molar-refractivity contribution in [2.75, 3.05) is 0 Å². The minimum Gasteiger partial charge on any atom is -0.259 e. The molecule has 19 heavy (non-hydrogen) atoms. The van der Waals surface area contributed by atoms with E-state index in [1.807, 2.05) is 12.1 Å². The molecule has 0 atom stereocenters. The van der Waals surface area contributed by atoms with Crippen molar-refractivity contribution >= 4 is 43.5 Å². The lowest BCUT2D eigenvalue weighted by molar-refractivity contribution is 1.05. The van der Waals surface area contributed by atoms with Gasteiger partial charge in [0.15, 0.2) is 0 Å². The van der Waals surface area contributed by atoms with E-state index in [1.54, 1.807) is 12.4 Å². The molecule has 0 aliphatic heterocycles. The summed E-state index contributed by atoms with van der Waals surface area (Å²) in [6, 6.07) is 3.73. The third-order valence-electron chi connectivity index (χ3n) is 2.81. The smallest absolute Gasteiger partial charge is 0.109 e. The van der Waals surface area contributed by atoms with E-state index in [9.17, 15) is 0 Å². The van der Waals surface area contributed by atoms with Gasteiger partial charge in [-0.1, -0.05) is 8.98 Å². The average molecular weight is 286 g/mol. The van der Waals surface area contributed by atoms with E-state index < -0.39 is 0 Å². The molecule has 4 aromatic rings. The lowest BCUT2D eigenvalue weighted by Crippen LogP contribution is -1.95. The first-order valence-corrected chi connectivity index (χ1v) is 7.08. The van der Waals surface area contributed by atoms with Gasteiger partial charge in [-0.25, -0.2) is 0 Å². The quantitative estimate of drug-likeness (QED) is 0.561. The fourth-order valence-electron chi connectivity index (χ4n) is 1.94. The zero-order valence-electron chi connectivity index (χ0n) is 9.52. The average Bonchev–Trinajstić information content (AvgIpc) is 3.08. The number of pyridine rings is 2. The van der Waals surface area contributed by atoms with Gasteiger partial charge in [0.25, 0.3) is 0 Å². The summed E-state index contributed by atoms with van der Waals surface area (Å²) in [4.78, 5) is 8.84. The minimum absolute atomic E-state index is 0.641. The zero-order chi connectivity index (χ0) is 12.7. The molecule has 0 saturated carbocycles. The predicted octanol–water partition coefficient (Wildman–Crippen LogP) is 2.08. The molecule has 0 spiro atoms. The van der Waals surface area contributed by atoms with E-state index in [1.165, 1.54) is 23.1 Å². The molecule has 0 amide bonds. The molecular formula is C11H6N6S2. The van der Waals surface area contributed by atoms with E-state index in [0.29, 0.717) is 6.42 Å². The number of nitrogens with zero attached hydrogens (tertiary/aromatic N) is 6. The molecule has 4 rings (SSSR count). The van der Waals surface area contributed by atoms with Gasteiger partial charge >= 0.3 is 0 Å². The van der Waals surface area contributed by atoms with Crippen LogP contribution >= 0.6 is 23.1 Å². The van der Waals surface area contributed by atoms with Crippen molar-refractivity contribution in [1.29, 1.82) is 0 Å². The first-order chi connectivity index (χ1) is 9.42. The van der Waals surface area contributed by atoms with Crippen LogP contribution in [0.2, 0.25) is 0 Å². The van der Waals surface area contributed by atoms with E-state index >= 15 is 0 Å². The molecule has 0 unspecified atom stereocenters. The van der Waals surface area contributed by atoms with Crippen LogP contribution in [0.5, 0.6) is 0 Å². The van der Waals surface area contributed by atoms with Gasteiger partial charge in [0.1, 0.15) is 11.0 Å². The van der Waals surface area contributed by atoms with Gasteiger partial charge < -0.3 is 0 Å². The second-order valence-electron chi connectivity index (χ2n) is 3.93. The van der Waals surface area contributed by atoms with Crippen LogP contribution in [0.1, 0.15) is 11.4 Å². The molecule has 6 nitrogen and oxygen atoms in total. The van der Waals surface area contributed by atoms with E-state index in [0.717, 1.165) is 31.8 Å². The maximum absolute atomic E-state index is 4.42. The Morgan fingerprint density at radius 1 is 0.789 bits per heavy atom. The van der Waals surface area contributed by atoms with Crippen molar-refractivity contribution in [2.45, 2.75) is 6.42 Å². The lowest BCUT2D eigenvalue weighted by Gasteiger charge is -2.01. The van der Waals surface area contributed by atoms with Gasteiger partial charge in [0.2, 0.25) is 0 Å². The topological polar surface area (TPSA) is 77.3 Å². The maximum Gasteiger partial charge on any atom is 0.109 e. The van der Waals surface area contributed by atoms with Crippen molar-refractivity contribution in [2.24, 2.45) is 0 Å². The van der Waals surface area contributed by atoms with Gasteiger partial charge in [0, 0.05) is 18.8 Å². The summed E-state index contributed by atoms with van der Waals surface area (Å²) in [7, 11) is 0. The van der Waals surface area contributed by atoms with Crippen molar-refractivity contribution in [1.82, 2.24) is 29.1 Å². The van der Waals surface area contributed by atoms with Crippen molar-refractivity contribution < 1.29 is 0 Å². The number of hydrogen-bond donors (Lipinski definition) is 0. The molecule has 8 heteroatoms. The molecule has 0 bridgehead atoms. The molecule has 0 aliphatic rings. The van der Waals surface area contributed by atoms with Gasteiger partial charge in [0.05, 0.1) is 20.8 Å². The summed E-state index contributed by atoms with van der Waals surface area (Å²) in [5, 5.41) is 8.12. The summed E-state index contributed by atoms with van der Waals surface area (Å²) >= 11 is 2.72. The largest absolute Gasteiger partial charge is 0.259 e. The second kappa shape index (κ2) is 4.25. The van der Waals surface area contributed by atoms with Crippen LogP contribution in [0.25, 0.3) is 20.4 Å². The van der Waals surface area contributed by atoms with Gasteiger partial charge in [-0.2, -0.15) is 0 Å². The Bertz CT molecular complexity index is 796. The molecule has 92 valence electrons. The fourth-order valence-corrected chi connectivity index (χ4v) is 3.22. The highest BCUT2D eigenvalue weighted by Gasteiger charge is 2.11. The van der Waals surface area contributed by atoms with Crippen LogP contribution in [0.4, 0.5) is 0 Å². The molecule has 0 saturated heterocycles. The molecule has 4 aromatic heterocycles. The normalized spacial score (nSPS) is 11.4. The molecule has 0 radical (unpaired) electrons. The third kappa shape index (κ3) is 1.76. The third-order valence-corrected chi connectivity index (χ3v) is 4.39. The predicted molar refractivity (Wildman–Crippen MR) is 73.2 cm³/mol. The van der Waals surface area contributed by atoms with Crippen LogP contribution in [-0.2, 0) is 6.42 Å². The van der Waals surface area contributed by atoms with Crippen molar-refractivity contribution in [3.63, 3.8) is 0 Å². The van der Waals surface area contributed by atoms with Gasteiger partial charge in [-0.05, 0) is 35.2 Å². The van der Waals surface area contributed by atoms with Crippen molar-refractivity contribution in [3.05, 3.63) is 35.9 Å². The monoisotopic (exact) mass is 286 g/mol. The number of fused-ring (bicyclic) bond motifs is 2. The highest BCUT2D eigenvalue weighted by molar-refractivity contribution is 7.13. The SMILES string of the molecule is c1cc2nnsc2c(Cc2nccc3nnsc23)n1. The molecule has 0 aromatic carbocycles. The summed E-state index contributed by atoms with van der Waals surface area (Å²) in [6.07, 6.45) is 4.15. The summed E-state index contributed by atoms with van der Waals surface area (Å²) in [5.41, 5.74) is 3.65. The lowest BCUT2D eigenvalue weighted by atomic mass is 10.2. The Balaban J connectivity index is 1.86. The maximum atomic E-state index is 4.42. The van der Waals surface area contributed by atoms with E-state index in [2.05, 4.69) is 29.1 Å². The van der Waals surface area contributed by atoms with Crippen LogP contribution in [0, 0.1) is 0 Å². The summed E-state index contributed by atoms with van der Waals surface area (Å²) < 4.78 is 9.96. The van der Waals surface area contributed by atoms with Crippen molar-refractivity contribution in [3.8, 4) is 0 Å². The molecule has 4 heterocycles. The fraction of sp³-hybridized carbons (Fsp3) is 0.0909. The molecule has 0 fully saturated rings. The highest BCUT2D eigenvalue weighted by atomic mass is 32.1.